The van der Waals surface area contributed by atoms with Crippen molar-refractivity contribution in [3.05, 3.63) is 58.9 Å². The minimum atomic E-state index is -1.16. The van der Waals surface area contributed by atoms with Crippen molar-refractivity contribution < 1.29 is 19.4 Å². The number of aromatic nitrogens is 1. The van der Waals surface area contributed by atoms with E-state index in [0.717, 1.165) is 5.56 Å². The first kappa shape index (κ1) is 15.0. The first-order valence-corrected chi connectivity index (χ1v) is 7.30. The van der Waals surface area contributed by atoms with Gasteiger partial charge in [0.15, 0.2) is 5.75 Å². The molecule has 6 heteroatoms. The molecule has 2 heterocycles. The molecule has 0 radical (unpaired) electrons. The number of fused-ring (bicyclic) bond motifs is 1. The lowest BCUT2D eigenvalue weighted by molar-refractivity contribution is 0.0690. The van der Waals surface area contributed by atoms with Crippen LogP contribution in [0.3, 0.4) is 0 Å². The maximum atomic E-state index is 12.4. The zero-order valence-corrected chi connectivity index (χ0v) is 12.6. The van der Waals surface area contributed by atoms with Crippen LogP contribution in [0, 0.1) is 0 Å². The van der Waals surface area contributed by atoms with Crippen LogP contribution in [-0.2, 0) is 13.0 Å². The highest BCUT2D eigenvalue weighted by Crippen LogP contribution is 2.31. The number of ether oxygens (including phenoxy) is 1. The minimum Gasteiger partial charge on any atom is -0.488 e. The highest BCUT2D eigenvalue weighted by molar-refractivity contribution is 5.99. The number of carbonyl (C=O) groups excluding carboxylic acids is 1. The van der Waals surface area contributed by atoms with Crippen LogP contribution in [0.5, 0.6) is 5.75 Å². The van der Waals surface area contributed by atoms with E-state index in [-0.39, 0.29) is 23.3 Å². The van der Waals surface area contributed by atoms with Crippen LogP contribution in [-0.4, -0.2) is 28.1 Å². The molecule has 118 valence electrons. The van der Waals surface area contributed by atoms with Crippen LogP contribution < -0.4 is 10.1 Å². The largest absolute Gasteiger partial charge is 0.488 e. The molecule has 1 aliphatic heterocycles. The SMILES string of the molecule is CC1Cc2nc(C(=O)O)cc(C(=O)NCc3ccccc3)c2O1. The lowest BCUT2D eigenvalue weighted by Crippen LogP contribution is -2.24. The second-order valence-electron chi connectivity index (χ2n) is 5.44. The van der Waals surface area contributed by atoms with Crippen LogP contribution >= 0.6 is 0 Å². The first-order chi connectivity index (χ1) is 11.0. The van der Waals surface area contributed by atoms with Gasteiger partial charge in [-0.15, -0.1) is 0 Å². The average Bonchev–Trinajstić information content (AvgIpc) is 2.92. The number of carbonyl (C=O) groups is 2. The van der Waals surface area contributed by atoms with E-state index < -0.39 is 5.97 Å². The molecule has 1 aromatic carbocycles. The molecule has 0 aliphatic carbocycles. The van der Waals surface area contributed by atoms with Gasteiger partial charge in [0.1, 0.15) is 11.8 Å². The van der Waals surface area contributed by atoms with Crippen molar-refractivity contribution in [2.24, 2.45) is 0 Å². The summed E-state index contributed by atoms with van der Waals surface area (Å²) >= 11 is 0. The zero-order chi connectivity index (χ0) is 16.4. The number of aromatic carboxylic acids is 1. The van der Waals surface area contributed by atoms with E-state index in [4.69, 9.17) is 9.84 Å². The smallest absolute Gasteiger partial charge is 0.354 e. The van der Waals surface area contributed by atoms with Gasteiger partial charge in [-0.05, 0) is 18.6 Å². The van der Waals surface area contributed by atoms with Crippen LogP contribution in [0.2, 0.25) is 0 Å². The number of benzene rings is 1. The maximum absolute atomic E-state index is 12.4. The van der Waals surface area contributed by atoms with Crippen molar-refractivity contribution in [2.45, 2.75) is 26.0 Å². The topological polar surface area (TPSA) is 88.5 Å². The molecule has 0 fully saturated rings. The summed E-state index contributed by atoms with van der Waals surface area (Å²) in [5.41, 5.74) is 1.54. The van der Waals surface area contributed by atoms with Crippen molar-refractivity contribution >= 4 is 11.9 Å². The predicted molar refractivity (Wildman–Crippen MR) is 82.6 cm³/mol. The van der Waals surface area contributed by atoms with Gasteiger partial charge >= 0.3 is 5.97 Å². The Hall–Kier alpha value is -2.89. The number of hydrogen-bond donors (Lipinski definition) is 2. The molecule has 2 aromatic rings. The van der Waals surface area contributed by atoms with Gasteiger partial charge in [-0.25, -0.2) is 9.78 Å². The summed E-state index contributed by atoms with van der Waals surface area (Å²) in [7, 11) is 0. The lowest BCUT2D eigenvalue weighted by atomic mass is 10.1. The highest BCUT2D eigenvalue weighted by Gasteiger charge is 2.28. The summed E-state index contributed by atoms with van der Waals surface area (Å²) in [6, 6.07) is 10.7. The van der Waals surface area contributed by atoms with Crippen LogP contribution in [0.25, 0.3) is 0 Å². The van der Waals surface area contributed by atoms with Crippen LogP contribution in [0.15, 0.2) is 36.4 Å². The van der Waals surface area contributed by atoms with Crippen molar-refractivity contribution in [1.82, 2.24) is 10.3 Å². The Morgan fingerprint density at radius 3 is 2.78 bits per heavy atom. The number of pyridine rings is 1. The van der Waals surface area contributed by atoms with Gasteiger partial charge in [0.05, 0.1) is 11.3 Å². The van der Waals surface area contributed by atoms with Gasteiger partial charge < -0.3 is 15.2 Å². The summed E-state index contributed by atoms with van der Waals surface area (Å²) in [5.74, 6) is -1.15. The van der Waals surface area contributed by atoms with Crippen LogP contribution in [0.1, 0.15) is 39.0 Å². The standard InChI is InChI=1S/C17H16N2O4/c1-10-7-13-15(23-10)12(8-14(19-13)17(21)22)16(20)18-9-11-5-3-2-4-6-11/h2-6,8,10H,7,9H2,1H3,(H,18,20)(H,21,22). The molecule has 1 aromatic heterocycles. The quantitative estimate of drug-likeness (QED) is 0.902. The fourth-order valence-corrected chi connectivity index (χ4v) is 2.52. The third-order valence-corrected chi connectivity index (χ3v) is 3.60. The molecule has 23 heavy (non-hydrogen) atoms. The number of hydrogen-bond acceptors (Lipinski definition) is 4. The molecule has 0 spiro atoms. The van der Waals surface area contributed by atoms with Crippen molar-refractivity contribution in [3.8, 4) is 5.75 Å². The van der Waals surface area contributed by atoms with Gasteiger partial charge in [-0.2, -0.15) is 0 Å². The molecule has 1 atom stereocenters. The Kier molecular flexibility index (Phi) is 3.97. The Bertz CT molecular complexity index is 759. The minimum absolute atomic E-state index is 0.123. The summed E-state index contributed by atoms with van der Waals surface area (Å²) in [6.07, 6.45) is 0.373. The lowest BCUT2D eigenvalue weighted by Gasteiger charge is -2.10. The van der Waals surface area contributed by atoms with Gasteiger partial charge in [0, 0.05) is 13.0 Å². The third kappa shape index (κ3) is 3.15. The van der Waals surface area contributed by atoms with E-state index in [9.17, 15) is 9.59 Å². The van der Waals surface area contributed by atoms with Crippen molar-refractivity contribution in [3.63, 3.8) is 0 Å². The molecule has 3 rings (SSSR count). The summed E-state index contributed by atoms with van der Waals surface area (Å²) in [6.45, 7) is 2.21. The highest BCUT2D eigenvalue weighted by atomic mass is 16.5. The van der Waals surface area contributed by atoms with Gasteiger partial charge in [-0.1, -0.05) is 30.3 Å². The second kappa shape index (κ2) is 6.08. The Labute approximate surface area is 133 Å². The number of carboxylic acid groups (broad SMARTS) is 1. The summed E-state index contributed by atoms with van der Waals surface area (Å²) in [5, 5.41) is 11.9. The number of rotatable bonds is 4. The van der Waals surface area contributed by atoms with Crippen molar-refractivity contribution in [2.75, 3.05) is 0 Å². The first-order valence-electron chi connectivity index (χ1n) is 7.30. The van der Waals surface area contributed by atoms with Crippen molar-refractivity contribution in [1.29, 1.82) is 0 Å². The summed E-state index contributed by atoms with van der Waals surface area (Å²) in [4.78, 5) is 27.7. The molecule has 0 saturated heterocycles. The number of amides is 1. The molecule has 2 N–H and O–H groups in total. The van der Waals surface area contributed by atoms with E-state index in [0.29, 0.717) is 24.4 Å². The number of nitrogens with one attached hydrogen (secondary N) is 1. The molecular formula is C17H16N2O4. The summed E-state index contributed by atoms with van der Waals surface area (Å²) < 4.78 is 5.63. The normalized spacial score (nSPS) is 15.6. The van der Waals surface area contributed by atoms with Gasteiger partial charge in [0.25, 0.3) is 5.91 Å². The molecule has 0 bridgehead atoms. The fraction of sp³-hybridized carbons (Fsp3) is 0.235. The third-order valence-electron chi connectivity index (χ3n) is 3.60. The fourth-order valence-electron chi connectivity index (χ4n) is 2.52. The van der Waals surface area contributed by atoms with E-state index in [1.165, 1.54) is 6.07 Å². The van der Waals surface area contributed by atoms with Gasteiger partial charge in [0.2, 0.25) is 0 Å². The van der Waals surface area contributed by atoms with E-state index in [2.05, 4.69) is 10.3 Å². The monoisotopic (exact) mass is 312 g/mol. The molecule has 0 saturated carbocycles. The zero-order valence-electron chi connectivity index (χ0n) is 12.6. The van der Waals surface area contributed by atoms with E-state index >= 15 is 0 Å². The Morgan fingerprint density at radius 2 is 2.09 bits per heavy atom. The maximum Gasteiger partial charge on any atom is 0.354 e. The molecule has 1 unspecified atom stereocenters. The van der Waals surface area contributed by atoms with Crippen LogP contribution in [0.4, 0.5) is 0 Å². The molecule has 1 aliphatic rings. The Morgan fingerprint density at radius 1 is 1.35 bits per heavy atom. The van der Waals surface area contributed by atoms with Gasteiger partial charge in [-0.3, -0.25) is 4.79 Å². The second-order valence-corrected chi connectivity index (χ2v) is 5.44. The Balaban J connectivity index is 1.86. The molecule has 1 amide bonds. The average molecular weight is 312 g/mol. The van der Waals surface area contributed by atoms with E-state index in [1.807, 2.05) is 37.3 Å². The van der Waals surface area contributed by atoms with E-state index in [1.54, 1.807) is 0 Å². The predicted octanol–water partition coefficient (Wildman–Crippen LogP) is 2.03. The molecule has 6 nitrogen and oxygen atoms in total. The number of nitrogens with zero attached hydrogens (tertiary/aromatic N) is 1. The number of carboxylic acids is 1. The molecular weight excluding hydrogens is 296 g/mol.